The summed E-state index contributed by atoms with van der Waals surface area (Å²) in [5.41, 5.74) is 0. The number of hydrogen-bond donors (Lipinski definition) is 1. The van der Waals surface area contributed by atoms with Crippen LogP contribution in [0.25, 0.3) is 0 Å². The van der Waals surface area contributed by atoms with Crippen LogP contribution in [-0.4, -0.2) is 19.4 Å². The van der Waals surface area contributed by atoms with Crippen molar-refractivity contribution in [2.45, 2.75) is 58.2 Å². The molecule has 1 nitrogen and oxygen atoms in total. The normalized spacial score (nSPS) is 12.0. The summed E-state index contributed by atoms with van der Waals surface area (Å²) in [5, 5.41) is 9.43. The van der Waals surface area contributed by atoms with Crippen molar-refractivity contribution < 1.29 is 5.11 Å². The standard InChI is InChI=1S/C10H24OSi/c1-4-7-12(10-11,8-5-2)9-6-3/h11H,4-10H2,1-3H3. The highest BCUT2D eigenvalue weighted by Gasteiger charge is 2.28. The molecular weight excluding hydrogens is 164 g/mol. The molecule has 1 N–H and O–H groups in total. The monoisotopic (exact) mass is 188 g/mol. The van der Waals surface area contributed by atoms with Crippen molar-refractivity contribution in [3.05, 3.63) is 0 Å². The minimum Gasteiger partial charge on any atom is -0.400 e. The Morgan fingerprint density at radius 2 is 1.17 bits per heavy atom. The molecule has 0 aromatic rings. The van der Waals surface area contributed by atoms with Crippen molar-refractivity contribution in [3.8, 4) is 0 Å². The van der Waals surface area contributed by atoms with E-state index in [-0.39, 0.29) is 0 Å². The topological polar surface area (TPSA) is 20.2 Å². The van der Waals surface area contributed by atoms with Crippen molar-refractivity contribution in [3.63, 3.8) is 0 Å². The lowest BCUT2D eigenvalue weighted by atomic mass is 10.5. The molecule has 0 spiro atoms. The number of aliphatic hydroxyl groups excluding tert-OH is 1. The van der Waals surface area contributed by atoms with Gasteiger partial charge in [0.1, 0.15) is 0 Å². The third-order valence-electron chi connectivity index (χ3n) is 2.68. The summed E-state index contributed by atoms with van der Waals surface area (Å²) < 4.78 is 0. The summed E-state index contributed by atoms with van der Waals surface area (Å²) in [6.45, 7) is 6.72. The number of aliphatic hydroxyl groups is 1. The number of rotatable bonds is 7. The largest absolute Gasteiger partial charge is 0.400 e. The molecular formula is C10H24OSi. The van der Waals surface area contributed by atoms with Crippen LogP contribution >= 0.6 is 0 Å². The van der Waals surface area contributed by atoms with Gasteiger partial charge in [0.25, 0.3) is 0 Å². The lowest BCUT2D eigenvalue weighted by Crippen LogP contribution is -2.38. The molecule has 0 aromatic heterocycles. The zero-order chi connectivity index (χ0) is 9.45. The molecule has 0 aliphatic rings. The molecule has 0 atom stereocenters. The van der Waals surface area contributed by atoms with E-state index in [2.05, 4.69) is 20.8 Å². The van der Waals surface area contributed by atoms with Gasteiger partial charge in [-0.3, -0.25) is 0 Å². The average Bonchev–Trinajstić information content (AvgIpc) is 2.06. The molecule has 74 valence electrons. The van der Waals surface area contributed by atoms with E-state index in [0.717, 1.165) is 0 Å². The molecule has 0 aliphatic heterocycles. The van der Waals surface area contributed by atoms with Gasteiger partial charge in [0.15, 0.2) is 0 Å². The van der Waals surface area contributed by atoms with E-state index in [1.54, 1.807) is 0 Å². The van der Waals surface area contributed by atoms with E-state index in [0.29, 0.717) is 6.23 Å². The maximum absolute atomic E-state index is 9.43. The van der Waals surface area contributed by atoms with Crippen LogP contribution < -0.4 is 0 Å². The fourth-order valence-electron chi connectivity index (χ4n) is 2.20. The third-order valence-corrected chi connectivity index (χ3v) is 8.03. The summed E-state index contributed by atoms with van der Waals surface area (Å²) in [6.07, 6.45) is 4.29. The minimum absolute atomic E-state index is 0.516. The molecule has 0 unspecified atom stereocenters. The van der Waals surface area contributed by atoms with Crippen molar-refractivity contribution >= 4 is 8.07 Å². The first kappa shape index (κ1) is 12.2. The Balaban J connectivity index is 4.06. The maximum atomic E-state index is 9.43. The molecule has 0 radical (unpaired) electrons. The van der Waals surface area contributed by atoms with Gasteiger partial charge in [0.05, 0.1) is 8.07 Å². The van der Waals surface area contributed by atoms with Crippen LogP contribution in [0.5, 0.6) is 0 Å². The minimum atomic E-state index is -1.21. The van der Waals surface area contributed by atoms with Gasteiger partial charge in [0.2, 0.25) is 0 Å². The lowest BCUT2D eigenvalue weighted by Gasteiger charge is -2.28. The van der Waals surface area contributed by atoms with Crippen molar-refractivity contribution in [2.75, 3.05) is 6.23 Å². The molecule has 0 amide bonds. The maximum Gasteiger partial charge on any atom is 0.0833 e. The summed E-state index contributed by atoms with van der Waals surface area (Å²) in [5.74, 6) is 0. The fraction of sp³-hybridized carbons (Fsp3) is 1.00. The Kier molecular flexibility index (Phi) is 6.77. The Hall–Kier alpha value is 0.177. The summed E-state index contributed by atoms with van der Waals surface area (Å²) in [6, 6.07) is 3.97. The van der Waals surface area contributed by atoms with Crippen LogP contribution in [0.2, 0.25) is 18.1 Å². The van der Waals surface area contributed by atoms with Crippen molar-refractivity contribution in [1.29, 1.82) is 0 Å². The third kappa shape index (κ3) is 3.72. The molecule has 2 heteroatoms. The molecule has 0 saturated heterocycles. The summed E-state index contributed by atoms with van der Waals surface area (Å²) >= 11 is 0. The van der Waals surface area contributed by atoms with Gasteiger partial charge in [-0.25, -0.2) is 0 Å². The first-order valence-electron chi connectivity index (χ1n) is 5.35. The van der Waals surface area contributed by atoms with Crippen LogP contribution in [0.3, 0.4) is 0 Å². The molecule has 0 heterocycles. The SMILES string of the molecule is CCC[Si](CO)(CCC)CCC. The molecule has 0 aliphatic carbocycles. The van der Waals surface area contributed by atoms with Gasteiger partial charge < -0.3 is 5.11 Å². The average molecular weight is 188 g/mol. The van der Waals surface area contributed by atoms with Crippen LogP contribution in [0.1, 0.15) is 40.0 Å². The fourth-order valence-corrected chi connectivity index (χ4v) is 6.61. The number of hydrogen-bond acceptors (Lipinski definition) is 1. The van der Waals surface area contributed by atoms with Gasteiger partial charge in [0, 0.05) is 6.23 Å². The second kappa shape index (κ2) is 6.67. The second-order valence-corrected chi connectivity index (χ2v) is 8.72. The smallest absolute Gasteiger partial charge is 0.0833 e. The Morgan fingerprint density at radius 3 is 1.33 bits per heavy atom. The first-order chi connectivity index (χ1) is 5.74. The molecule has 0 fully saturated rings. The first-order valence-corrected chi connectivity index (χ1v) is 8.18. The predicted molar refractivity (Wildman–Crippen MR) is 58.1 cm³/mol. The van der Waals surface area contributed by atoms with E-state index in [4.69, 9.17) is 0 Å². The molecule has 0 saturated carbocycles. The Bertz CT molecular complexity index is 87.0. The van der Waals surface area contributed by atoms with Crippen LogP contribution in [0, 0.1) is 0 Å². The second-order valence-electron chi connectivity index (χ2n) is 3.91. The zero-order valence-electron chi connectivity index (χ0n) is 8.90. The van der Waals surface area contributed by atoms with E-state index >= 15 is 0 Å². The predicted octanol–water partition coefficient (Wildman–Crippen LogP) is 3.20. The molecule has 0 bridgehead atoms. The van der Waals surface area contributed by atoms with Gasteiger partial charge in [-0.05, 0) is 0 Å². The van der Waals surface area contributed by atoms with E-state index in [1.165, 1.54) is 37.4 Å². The Labute approximate surface area is 78.2 Å². The van der Waals surface area contributed by atoms with E-state index < -0.39 is 8.07 Å². The summed E-state index contributed by atoms with van der Waals surface area (Å²) in [7, 11) is -1.21. The van der Waals surface area contributed by atoms with Crippen LogP contribution in [0.15, 0.2) is 0 Å². The molecule has 0 rings (SSSR count). The van der Waals surface area contributed by atoms with E-state index in [9.17, 15) is 5.11 Å². The van der Waals surface area contributed by atoms with Crippen LogP contribution in [-0.2, 0) is 0 Å². The van der Waals surface area contributed by atoms with Crippen molar-refractivity contribution in [1.82, 2.24) is 0 Å². The zero-order valence-corrected chi connectivity index (χ0v) is 9.90. The highest BCUT2D eigenvalue weighted by Crippen LogP contribution is 2.25. The van der Waals surface area contributed by atoms with Crippen LogP contribution in [0.4, 0.5) is 0 Å². The van der Waals surface area contributed by atoms with Gasteiger partial charge in [-0.15, -0.1) is 0 Å². The van der Waals surface area contributed by atoms with Gasteiger partial charge in [-0.1, -0.05) is 58.2 Å². The Morgan fingerprint density at radius 1 is 0.833 bits per heavy atom. The van der Waals surface area contributed by atoms with Gasteiger partial charge >= 0.3 is 0 Å². The lowest BCUT2D eigenvalue weighted by molar-refractivity contribution is 0.354. The summed E-state index contributed by atoms with van der Waals surface area (Å²) in [4.78, 5) is 0. The quantitative estimate of drug-likeness (QED) is 0.608. The molecule has 12 heavy (non-hydrogen) atoms. The highest BCUT2D eigenvalue weighted by atomic mass is 28.3. The van der Waals surface area contributed by atoms with E-state index in [1.807, 2.05) is 0 Å². The molecule has 0 aromatic carbocycles. The highest BCUT2D eigenvalue weighted by molar-refractivity contribution is 6.79. The van der Waals surface area contributed by atoms with Gasteiger partial charge in [-0.2, -0.15) is 0 Å². The van der Waals surface area contributed by atoms with Crippen molar-refractivity contribution in [2.24, 2.45) is 0 Å².